The van der Waals surface area contributed by atoms with Crippen molar-refractivity contribution in [3.05, 3.63) is 60.1 Å². The Labute approximate surface area is 153 Å². The lowest BCUT2D eigenvalue weighted by Crippen LogP contribution is -2.40. The zero-order chi connectivity index (χ0) is 18.4. The van der Waals surface area contributed by atoms with Gasteiger partial charge in [0.2, 0.25) is 11.8 Å². The van der Waals surface area contributed by atoms with Gasteiger partial charge in [-0.25, -0.2) is 4.98 Å². The molecule has 2 amide bonds. The number of nitrogens with one attached hydrogen (secondary N) is 1. The van der Waals surface area contributed by atoms with Crippen molar-refractivity contribution >= 4 is 23.7 Å². The van der Waals surface area contributed by atoms with E-state index in [9.17, 15) is 9.59 Å². The molecule has 0 spiro atoms. The fourth-order valence-corrected chi connectivity index (χ4v) is 2.87. The number of anilines is 1. The number of nitrogens with zero attached hydrogens (tertiary/aromatic N) is 3. The van der Waals surface area contributed by atoms with Gasteiger partial charge in [-0.3, -0.25) is 14.6 Å². The summed E-state index contributed by atoms with van der Waals surface area (Å²) in [7, 11) is 0. The van der Waals surface area contributed by atoms with Crippen LogP contribution in [0.1, 0.15) is 24.1 Å². The summed E-state index contributed by atoms with van der Waals surface area (Å²) in [6.45, 7) is 3.10. The summed E-state index contributed by atoms with van der Waals surface area (Å²) in [4.78, 5) is 34.8. The van der Waals surface area contributed by atoms with Gasteiger partial charge in [-0.15, -0.1) is 0 Å². The topological polar surface area (TPSA) is 75.2 Å². The summed E-state index contributed by atoms with van der Waals surface area (Å²) in [5, 5.41) is 2.85. The molecule has 0 radical (unpaired) electrons. The molecule has 0 aromatic carbocycles. The minimum Gasteiger partial charge on any atom is -0.339 e. The number of carbonyl (C=O) groups excluding carboxylic acids is 2. The van der Waals surface area contributed by atoms with Gasteiger partial charge in [-0.2, -0.15) is 0 Å². The molecule has 1 aliphatic heterocycles. The number of piperidine rings is 1. The molecule has 6 nitrogen and oxygen atoms in total. The summed E-state index contributed by atoms with van der Waals surface area (Å²) >= 11 is 0. The molecule has 3 rings (SSSR count). The average Bonchev–Trinajstić information content (AvgIpc) is 2.69. The Kier molecular flexibility index (Phi) is 5.73. The first-order valence-electron chi connectivity index (χ1n) is 8.73. The highest BCUT2D eigenvalue weighted by Crippen LogP contribution is 2.19. The van der Waals surface area contributed by atoms with Crippen molar-refractivity contribution in [3.63, 3.8) is 0 Å². The maximum atomic E-state index is 12.4. The molecule has 3 heterocycles. The Morgan fingerprint density at radius 1 is 1.15 bits per heavy atom. The van der Waals surface area contributed by atoms with E-state index in [1.807, 2.05) is 31.2 Å². The fraction of sp³-hybridized carbons (Fsp3) is 0.300. The first-order valence-corrected chi connectivity index (χ1v) is 8.73. The molecular formula is C20H22N4O2. The third kappa shape index (κ3) is 4.75. The summed E-state index contributed by atoms with van der Waals surface area (Å²) in [5.41, 5.74) is 1.80. The van der Waals surface area contributed by atoms with Gasteiger partial charge < -0.3 is 10.2 Å². The van der Waals surface area contributed by atoms with Crippen LogP contribution in [-0.2, 0) is 9.59 Å². The van der Waals surface area contributed by atoms with Crippen LogP contribution in [0.3, 0.4) is 0 Å². The minimum atomic E-state index is -0.0954. The molecule has 1 saturated heterocycles. The first-order chi connectivity index (χ1) is 12.6. The van der Waals surface area contributed by atoms with Gasteiger partial charge >= 0.3 is 0 Å². The normalized spacial score (nSPS) is 15.2. The predicted molar refractivity (Wildman–Crippen MR) is 100 cm³/mol. The molecule has 0 unspecified atom stereocenters. The number of likely N-dealkylation sites (tertiary alicyclic amines) is 1. The van der Waals surface area contributed by atoms with Crippen molar-refractivity contribution in [1.82, 2.24) is 14.9 Å². The highest BCUT2D eigenvalue weighted by molar-refractivity contribution is 5.93. The van der Waals surface area contributed by atoms with E-state index in [0.717, 1.165) is 11.3 Å². The Balaban J connectivity index is 1.49. The van der Waals surface area contributed by atoms with E-state index in [0.29, 0.717) is 31.7 Å². The summed E-state index contributed by atoms with van der Waals surface area (Å²) < 4.78 is 0. The highest BCUT2D eigenvalue weighted by atomic mass is 16.2. The number of amides is 2. The van der Waals surface area contributed by atoms with Crippen LogP contribution < -0.4 is 5.32 Å². The SMILES string of the molecule is Cc1ccc(NC(=O)C2CCN(C(=O)/C=C/c3ccccn3)CC2)nc1. The smallest absolute Gasteiger partial charge is 0.246 e. The van der Waals surface area contributed by atoms with Crippen molar-refractivity contribution in [1.29, 1.82) is 0 Å². The van der Waals surface area contributed by atoms with Gasteiger partial charge in [0, 0.05) is 37.5 Å². The minimum absolute atomic E-state index is 0.0301. The third-order valence-corrected chi connectivity index (χ3v) is 4.42. The van der Waals surface area contributed by atoms with Gasteiger partial charge in [0.1, 0.15) is 5.82 Å². The van der Waals surface area contributed by atoms with Crippen molar-refractivity contribution in [3.8, 4) is 0 Å². The molecule has 0 aliphatic carbocycles. The largest absolute Gasteiger partial charge is 0.339 e. The predicted octanol–water partition coefficient (Wildman–Crippen LogP) is 2.68. The van der Waals surface area contributed by atoms with Crippen LogP contribution in [0.4, 0.5) is 5.82 Å². The number of hydrogen-bond donors (Lipinski definition) is 1. The lowest BCUT2D eigenvalue weighted by Gasteiger charge is -2.30. The van der Waals surface area contributed by atoms with Crippen LogP contribution in [-0.4, -0.2) is 39.8 Å². The van der Waals surface area contributed by atoms with Crippen LogP contribution in [0.5, 0.6) is 0 Å². The van der Waals surface area contributed by atoms with E-state index in [1.54, 1.807) is 35.5 Å². The van der Waals surface area contributed by atoms with Crippen LogP contribution in [0, 0.1) is 12.8 Å². The zero-order valence-electron chi connectivity index (χ0n) is 14.8. The maximum absolute atomic E-state index is 12.4. The van der Waals surface area contributed by atoms with Crippen molar-refractivity contribution < 1.29 is 9.59 Å². The average molecular weight is 350 g/mol. The second kappa shape index (κ2) is 8.38. The van der Waals surface area contributed by atoms with Gasteiger partial charge in [0.05, 0.1) is 5.69 Å². The first kappa shape index (κ1) is 17.8. The van der Waals surface area contributed by atoms with Gasteiger partial charge in [0.25, 0.3) is 0 Å². The van der Waals surface area contributed by atoms with Crippen molar-refractivity contribution in [2.45, 2.75) is 19.8 Å². The molecule has 0 bridgehead atoms. The van der Waals surface area contributed by atoms with E-state index >= 15 is 0 Å². The van der Waals surface area contributed by atoms with Crippen LogP contribution in [0.15, 0.2) is 48.8 Å². The van der Waals surface area contributed by atoms with E-state index in [4.69, 9.17) is 0 Å². The molecule has 1 aliphatic rings. The van der Waals surface area contributed by atoms with E-state index < -0.39 is 0 Å². The second-order valence-electron chi connectivity index (χ2n) is 6.40. The monoisotopic (exact) mass is 350 g/mol. The lowest BCUT2D eigenvalue weighted by molar-refractivity contribution is -0.130. The Bertz CT molecular complexity index is 779. The molecule has 2 aromatic rings. The quantitative estimate of drug-likeness (QED) is 0.860. The molecular weight excluding hydrogens is 328 g/mol. The van der Waals surface area contributed by atoms with E-state index in [-0.39, 0.29) is 17.7 Å². The molecule has 1 N–H and O–H groups in total. The molecule has 134 valence electrons. The van der Waals surface area contributed by atoms with Gasteiger partial charge in [0.15, 0.2) is 0 Å². The summed E-state index contributed by atoms with van der Waals surface area (Å²) in [5.74, 6) is 0.395. The maximum Gasteiger partial charge on any atom is 0.246 e. The molecule has 0 saturated carbocycles. The van der Waals surface area contributed by atoms with E-state index in [1.165, 1.54) is 0 Å². The molecule has 26 heavy (non-hydrogen) atoms. The molecule has 1 fully saturated rings. The number of carbonyl (C=O) groups is 2. The Morgan fingerprint density at radius 2 is 1.96 bits per heavy atom. The second-order valence-corrected chi connectivity index (χ2v) is 6.40. The molecule has 0 atom stereocenters. The number of rotatable bonds is 4. The number of aromatic nitrogens is 2. The lowest BCUT2D eigenvalue weighted by atomic mass is 9.96. The van der Waals surface area contributed by atoms with E-state index in [2.05, 4.69) is 15.3 Å². The van der Waals surface area contributed by atoms with Gasteiger partial charge in [-0.05, 0) is 49.6 Å². The van der Waals surface area contributed by atoms with Crippen molar-refractivity contribution in [2.75, 3.05) is 18.4 Å². The highest BCUT2D eigenvalue weighted by Gasteiger charge is 2.26. The number of aryl methyl sites for hydroxylation is 1. The standard InChI is InChI=1S/C20H22N4O2/c1-15-5-7-18(22-14-15)23-20(26)16-9-12-24(13-10-16)19(25)8-6-17-4-2-3-11-21-17/h2-8,11,14,16H,9-10,12-13H2,1H3,(H,22,23,26)/b8-6+. The molecule has 6 heteroatoms. The summed E-state index contributed by atoms with van der Waals surface area (Å²) in [6.07, 6.45) is 7.98. The number of pyridine rings is 2. The zero-order valence-corrected chi connectivity index (χ0v) is 14.8. The number of hydrogen-bond acceptors (Lipinski definition) is 4. The fourth-order valence-electron chi connectivity index (χ4n) is 2.87. The third-order valence-electron chi connectivity index (χ3n) is 4.42. The van der Waals surface area contributed by atoms with Crippen LogP contribution in [0.2, 0.25) is 0 Å². The summed E-state index contributed by atoms with van der Waals surface area (Å²) in [6, 6.07) is 9.27. The van der Waals surface area contributed by atoms with Crippen LogP contribution >= 0.6 is 0 Å². The van der Waals surface area contributed by atoms with Gasteiger partial charge in [-0.1, -0.05) is 12.1 Å². The Morgan fingerprint density at radius 3 is 2.62 bits per heavy atom. The molecule has 2 aromatic heterocycles. The van der Waals surface area contributed by atoms with Crippen molar-refractivity contribution in [2.24, 2.45) is 5.92 Å². The Hall–Kier alpha value is -3.02. The van der Waals surface area contributed by atoms with Crippen LogP contribution in [0.25, 0.3) is 6.08 Å².